The van der Waals surface area contributed by atoms with Crippen LogP contribution in [0.25, 0.3) is 21.6 Å². The van der Waals surface area contributed by atoms with Gasteiger partial charge in [0, 0.05) is 29.9 Å². The molecule has 0 aliphatic carbocycles. The second-order valence-corrected chi connectivity index (χ2v) is 5.66. The number of hydrogen-bond acceptors (Lipinski definition) is 5. The highest BCUT2D eigenvalue weighted by Crippen LogP contribution is 2.34. The van der Waals surface area contributed by atoms with Crippen LogP contribution in [0.2, 0.25) is 0 Å². The lowest BCUT2D eigenvalue weighted by atomic mass is 10.2. The van der Waals surface area contributed by atoms with E-state index < -0.39 is 0 Å². The van der Waals surface area contributed by atoms with Crippen LogP contribution in [0.3, 0.4) is 0 Å². The van der Waals surface area contributed by atoms with Crippen molar-refractivity contribution in [3.63, 3.8) is 0 Å². The first-order valence-electron chi connectivity index (χ1n) is 5.88. The molecule has 0 radical (unpaired) electrons. The fraction of sp³-hybridized carbons (Fsp3) is 0.154. The van der Waals surface area contributed by atoms with Crippen LogP contribution >= 0.6 is 27.3 Å². The van der Waals surface area contributed by atoms with Gasteiger partial charge in [-0.1, -0.05) is 0 Å². The third-order valence-corrected chi connectivity index (χ3v) is 4.54. The van der Waals surface area contributed by atoms with Gasteiger partial charge in [0.05, 0.1) is 9.17 Å². The monoisotopic (exact) mass is 334 g/mol. The maximum absolute atomic E-state index is 4.63. The van der Waals surface area contributed by atoms with Crippen molar-refractivity contribution >= 4 is 43.3 Å². The highest BCUT2D eigenvalue weighted by molar-refractivity contribution is 9.10. The molecular weight excluding hydrogens is 324 g/mol. The Bertz CT molecular complexity index is 711. The van der Waals surface area contributed by atoms with Crippen LogP contribution in [0.4, 0.5) is 5.82 Å². The number of nitrogens with zero attached hydrogens (tertiary/aromatic N) is 3. The Morgan fingerprint density at radius 3 is 2.79 bits per heavy atom. The van der Waals surface area contributed by atoms with Crippen LogP contribution in [-0.2, 0) is 0 Å². The lowest BCUT2D eigenvalue weighted by Gasteiger charge is -2.07. The van der Waals surface area contributed by atoms with E-state index in [0.717, 1.165) is 32.6 Å². The van der Waals surface area contributed by atoms with E-state index in [1.165, 1.54) is 0 Å². The van der Waals surface area contributed by atoms with Gasteiger partial charge in [-0.3, -0.25) is 4.98 Å². The average molecular weight is 335 g/mol. The van der Waals surface area contributed by atoms with Gasteiger partial charge in [-0.2, -0.15) is 0 Å². The molecule has 0 saturated carbocycles. The summed E-state index contributed by atoms with van der Waals surface area (Å²) in [5.74, 6) is 1.60. The predicted octanol–water partition coefficient (Wildman–Crippen LogP) is 3.95. The van der Waals surface area contributed by atoms with E-state index in [4.69, 9.17) is 0 Å². The largest absolute Gasteiger partial charge is 0.369 e. The Morgan fingerprint density at radius 1 is 1.26 bits per heavy atom. The molecule has 96 valence electrons. The molecule has 0 atom stereocenters. The number of thiophene rings is 1. The first-order valence-corrected chi connectivity index (χ1v) is 7.56. The fourth-order valence-corrected chi connectivity index (χ4v) is 3.34. The SMILES string of the molecule is CCNc1nc(-c2ccncc2)nc2c(Br)csc12. The lowest BCUT2D eigenvalue weighted by molar-refractivity contribution is 1.15. The van der Waals surface area contributed by atoms with Crippen molar-refractivity contribution in [1.29, 1.82) is 0 Å². The molecule has 0 aromatic carbocycles. The second-order valence-electron chi connectivity index (χ2n) is 3.92. The summed E-state index contributed by atoms with van der Waals surface area (Å²) in [6.07, 6.45) is 3.50. The van der Waals surface area contributed by atoms with Crippen LogP contribution in [0.1, 0.15) is 6.92 Å². The van der Waals surface area contributed by atoms with Gasteiger partial charge in [-0.25, -0.2) is 9.97 Å². The summed E-state index contributed by atoms with van der Waals surface area (Å²) in [6.45, 7) is 2.89. The number of halogens is 1. The number of fused-ring (bicyclic) bond motifs is 1. The molecule has 19 heavy (non-hydrogen) atoms. The number of pyridine rings is 1. The number of hydrogen-bond donors (Lipinski definition) is 1. The third kappa shape index (κ3) is 2.33. The number of rotatable bonds is 3. The zero-order valence-corrected chi connectivity index (χ0v) is 12.6. The molecule has 3 aromatic heterocycles. The first kappa shape index (κ1) is 12.5. The van der Waals surface area contributed by atoms with E-state index in [1.807, 2.05) is 17.5 Å². The molecule has 0 spiro atoms. The molecule has 4 nitrogen and oxygen atoms in total. The predicted molar refractivity (Wildman–Crippen MR) is 82.5 cm³/mol. The molecule has 3 heterocycles. The van der Waals surface area contributed by atoms with Crippen LogP contribution < -0.4 is 5.32 Å². The summed E-state index contributed by atoms with van der Waals surface area (Å²) in [7, 11) is 0. The van der Waals surface area contributed by atoms with Crippen molar-refractivity contribution in [2.45, 2.75) is 6.92 Å². The molecule has 6 heteroatoms. The maximum atomic E-state index is 4.63. The van der Waals surface area contributed by atoms with Crippen molar-refractivity contribution in [2.24, 2.45) is 0 Å². The Balaban J connectivity index is 2.23. The number of anilines is 1. The van der Waals surface area contributed by atoms with Gasteiger partial charge in [0.2, 0.25) is 0 Å². The quantitative estimate of drug-likeness (QED) is 0.787. The summed E-state index contributed by atoms with van der Waals surface area (Å²) in [5.41, 5.74) is 1.91. The lowest BCUT2D eigenvalue weighted by Crippen LogP contribution is -2.01. The topological polar surface area (TPSA) is 50.7 Å². The summed E-state index contributed by atoms with van der Waals surface area (Å²) < 4.78 is 2.08. The standard InChI is InChI=1S/C13H11BrN4S/c1-2-16-13-11-10(9(14)7-19-11)17-12(18-13)8-3-5-15-6-4-8/h3-7H,2H2,1H3,(H,16,17,18). The van der Waals surface area contributed by atoms with Crippen LogP contribution in [0.5, 0.6) is 0 Å². The molecule has 3 aromatic rings. The van der Waals surface area contributed by atoms with E-state index in [9.17, 15) is 0 Å². The molecule has 0 aliphatic heterocycles. The summed E-state index contributed by atoms with van der Waals surface area (Å²) in [4.78, 5) is 13.3. The fourth-order valence-electron chi connectivity index (χ4n) is 1.81. The molecule has 3 rings (SSSR count). The van der Waals surface area contributed by atoms with Crippen molar-refractivity contribution in [1.82, 2.24) is 15.0 Å². The zero-order chi connectivity index (χ0) is 13.2. The molecule has 0 saturated heterocycles. The van der Waals surface area contributed by atoms with E-state index in [-0.39, 0.29) is 0 Å². The van der Waals surface area contributed by atoms with E-state index in [2.05, 4.69) is 43.1 Å². The van der Waals surface area contributed by atoms with Gasteiger partial charge in [0.15, 0.2) is 5.82 Å². The van der Waals surface area contributed by atoms with E-state index >= 15 is 0 Å². The molecule has 0 amide bonds. The maximum Gasteiger partial charge on any atom is 0.162 e. The van der Waals surface area contributed by atoms with Crippen molar-refractivity contribution < 1.29 is 0 Å². The van der Waals surface area contributed by atoms with Gasteiger partial charge < -0.3 is 5.32 Å². The highest BCUT2D eigenvalue weighted by atomic mass is 79.9. The average Bonchev–Trinajstić information content (AvgIpc) is 2.82. The molecule has 0 fully saturated rings. The van der Waals surface area contributed by atoms with Crippen LogP contribution in [0, 0.1) is 0 Å². The summed E-state index contributed by atoms with van der Waals surface area (Å²) >= 11 is 5.18. The number of nitrogens with one attached hydrogen (secondary N) is 1. The molecule has 1 N–H and O–H groups in total. The van der Waals surface area contributed by atoms with Gasteiger partial charge in [0.25, 0.3) is 0 Å². The van der Waals surface area contributed by atoms with Crippen LogP contribution in [-0.4, -0.2) is 21.5 Å². The van der Waals surface area contributed by atoms with Crippen molar-refractivity contribution in [3.05, 3.63) is 34.4 Å². The van der Waals surface area contributed by atoms with Gasteiger partial charge >= 0.3 is 0 Å². The van der Waals surface area contributed by atoms with Crippen LogP contribution in [0.15, 0.2) is 34.4 Å². The number of aromatic nitrogens is 3. The normalized spacial score (nSPS) is 10.8. The van der Waals surface area contributed by atoms with Gasteiger partial charge in [0.1, 0.15) is 11.3 Å². The summed E-state index contributed by atoms with van der Waals surface area (Å²) in [6, 6.07) is 3.83. The minimum atomic E-state index is 0.713. The van der Waals surface area contributed by atoms with E-state index in [0.29, 0.717) is 5.82 Å². The molecule has 0 unspecified atom stereocenters. The Morgan fingerprint density at radius 2 is 2.05 bits per heavy atom. The van der Waals surface area contributed by atoms with Crippen molar-refractivity contribution in [3.8, 4) is 11.4 Å². The second kappa shape index (κ2) is 5.22. The van der Waals surface area contributed by atoms with Gasteiger partial charge in [-0.15, -0.1) is 11.3 Å². The minimum Gasteiger partial charge on any atom is -0.369 e. The highest BCUT2D eigenvalue weighted by Gasteiger charge is 2.12. The minimum absolute atomic E-state index is 0.713. The zero-order valence-electron chi connectivity index (χ0n) is 10.2. The smallest absolute Gasteiger partial charge is 0.162 e. The Kier molecular flexibility index (Phi) is 3.44. The molecular formula is C13H11BrN4S. The Labute approximate surface area is 123 Å². The summed E-state index contributed by atoms with van der Waals surface area (Å²) in [5, 5.41) is 5.34. The van der Waals surface area contributed by atoms with Gasteiger partial charge in [-0.05, 0) is 35.0 Å². The first-order chi connectivity index (χ1) is 9.29. The van der Waals surface area contributed by atoms with Crippen molar-refractivity contribution in [2.75, 3.05) is 11.9 Å². The molecule has 0 aliphatic rings. The Hall–Kier alpha value is -1.53. The third-order valence-electron chi connectivity index (χ3n) is 2.65. The molecule has 0 bridgehead atoms. The van der Waals surface area contributed by atoms with E-state index in [1.54, 1.807) is 23.7 Å².